The molecule has 0 amide bonds. The third kappa shape index (κ3) is 5.85. The van der Waals surface area contributed by atoms with Gasteiger partial charge in [-0.15, -0.1) is 11.5 Å². The maximum absolute atomic E-state index is 13.0. The smallest absolute Gasteiger partial charge is 0.278 e. The molecule has 5 rings (SSSR count). The average Bonchev–Trinajstić information content (AvgIpc) is 3.44. The van der Waals surface area contributed by atoms with Crippen molar-refractivity contribution in [1.82, 2.24) is 4.90 Å². The van der Waals surface area contributed by atoms with Crippen LogP contribution in [-0.4, -0.2) is 47.3 Å². The molecule has 4 nitrogen and oxygen atoms in total. The molecule has 3 aromatic rings. The number of halogens is 2. The van der Waals surface area contributed by atoms with Gasteiger partial charge in [-0.1, -0.05) is 73.3 Å². The van der Waals surface area contributed by atoms with Crippen molar-refractivity contribution in [1.29, 1.82) is 0 Å². The van der Waals surface area contributed by atoms with Gasteiger partial charge in [0.15, 0.2) is 0 Å². The number of rotatable bonds is 8. The van der Waals surface area contributed by atoms with Gasteiger partial charge in [0.25, 0.3) is 6.43 Å². The quantitative estimate of drug-likeness (QED) is 0.336. The van der Waals surface area contributed by atoms with Crippen LogP contribution in [0.1, 0.15) is 17.5 Å². The molecule has 1 fully saturated rings. The zero-order valence-corrected chi connectivity index (χ0v) is 21.4. The Morgan fingerprint density at radius 1 is 0.919 bits per heavy atom. The molecular formula is C30H29F2N4S-. The summed E-state index contributed by atoms with van der Waals surface area (Å²) < 4.78 is 25.9. The van der Waals surface area contributed by atoms with Gasteiger partial charge in [-0.25, -0.2) is 8.78 Å². The van der Waals surface area contributed by atoms with Crippen LogP contribution in [0.15, 0.2) is 101 Å². The standard InChI is InChI=1S/C30H29F2N4S/c1-22(35-15-17-37(2)18-16-35)36(27-10-6-9-26(19-27)24-7-4-3-5-8-24)21-23-11-13-25(14-12-23)28-20-29(30(31)32)34-33-28/h2-14,19,30H,1,15-18,20-21H2/q-1. The van der Waals surface area contributed by atoms with Gasteiger partial charge < -0.3 is 25.8 Å². The molecule has 2 aliphatic rings. The first-order valence-corrected chi connectivity index (χ1v) is 13.9. The Morgan fingerprint density at radius 2 is 1.62 bits per heavy atom. The summed E-state index contributed by atoms with van der Waals surface area (Å²) in [6.07, 6.45) is -2.49. The van der Waals surface area contributed by atoms with Crippen molar-refractivity contribution in [3.05, 3.63) is 102 Å². The second-order valence-electron chi connectivity index (χ2n) is 9.16. The van der Waals surface area contributed by atoms with Crippen LogP contribution in [0, 0.1) is 5.69 Å². The average molecular weight is 516 g/mol. The number of alkyl halides is 2. The SMILES string of the molecule is C#[S-]1CCN(C(=C)N(Cc2ccc(C3=NN=C(C(F)F)C3)cc2)c2cccc(-c3ccccc3)c2)CC1. The lowest BCUT2D eigenvalue weighted by Gasteiger charge is -2.41. The fraction of sp³-hybridized carbons (Fsp3) is 0.233. The highest BCUT2D eigenvalue weighted by atomic mass is 32.2. The highest BCUT2D eigenvalue weighted by Crippen LogP contribution is 2.29. The van der Waals surface area contributed by atoms with Gasteiger partial charge >= 0.3 is 0 Å². The number of nitrogens with zero attached hydrogens (tertiary/aromatic N) is 4. The van der Waals surface area contributed by atoms with Crippen molar-refractivity contribution in [2.45, 2.75) is 19.4 Å². The molecule has 190 valence electrons. The van der Waals surface area contributed by atoms with Gasteiger partial charge in [-0.3, -0.25) is 0 Å². The van der Waals surface area contributed by atoms with Crippen LogP contribution in [0.25, 0.3) is 11.1 Å². The summed E-state index contributed by atoms with van der Waals surface area (Å²) in [6, 6.07) is 26.7. The van der Waals surface area contributed by atoms with Crippen molar-refractivity contribution in [3.63, 3.8) is 0 Å². The Hall–Kier alpha value is -3.67. The first-order chi connectivity index (χ1) is 18.0. The van der Waals surface area contributed by atoms with Crippen LogP contribution in [0.3, 0.4) is 0 Å². The predicted molar refractivity (Wildman–Crippen MR) is 152 cm³/mol. The molecular weight excluding hydrogens is 486 g/mol. The summed E-state index contributed by atoms with van der Waals surface area (Å²) in [5, 5.41) is 7.60. The lowest BCUT2D eigenvalue weighted by Crippen LogP contribution is -2.42. The minimum absolute atomic E-state index is 0.0302. The van der Waals surface area contributed by atoms with Crippen LogP contribution in [0.5, 0.6) is 0 Å². The maximum atomic E-state index is 13.0. The monoisotopic (exact) mass is 515 g/mol. The minimum Gasteiger partial charge on any atom is -0.454 e. The lowest BCUT2D eigenvalue weighted by atomic mass is 10.0. The Labute approximate surface area is 219 Å². The largest absolute Gasteiger partial charge is 0.454 e. The molecule has 0 bridgehead atoms. The molecule has 0 aliphatic carbocycles. The summed E-state index contributed by atoms with van der Waals surface area (Å²) in [4.78, 5) is 4.56. The number of benzene rings is 3. The van der Waals surface area contributed by atoms with Crippen LogP contribution in [0.2, 0.25) is 0 Å². The van der Waals surface area contributed by atoms with E-state index in [-0.39, 0.29) is 22.4 Å². The van der Waals surface area contributed by atoms with E-state index in [0.29, 0.717) is 12.3 Å². The van der Waals surface area contributed by atoms with E-state index in [4.69, 9.17) is 5.69 Å². The van der Waals surface area contributed by atoms with E-state index >= 15 is 0 Å². The predicted octanol–water partition coefficient (Wildman–Crippen LogP) is 6.17. The van der Waals surface area contributed by atoms with Crippen LogP contribution < -0.4 is 4.90 Å². The first kappa shape index (κ1) is 25.0. The molecule has 7 heteroatoms. The maximum Gasteiger partial charge on any atom is 0.278 e. The zero-order valence-electron chi connectivity index (χ0n) is 20.6. The van der Waals surface area contributed by atoms with Gasteiger partial charge in [0, 0.05) is 31.7 Å². The highest BCUT2D eigenvalue weighted by molar-refractivity contribution is 7.86. The lowest BCUT2D eigenvalue weighted by molar-refractivity contribution is 0.224. The molecule has 0 N–H and O–H groups in total. The van der Waals surface area contributed by atoms with E-state index in [9.17, 15) is 8.78 Å². The first-order valence-electron chi connectivity index (χ1n) is 12.3. The Bertz CT molecular complexity index is 1390. The zero-order chi connectivity index (χ0) is 25.8. The van der Waals surface area contributed by atoms with E-state index < -0.39 is 6.43 Å². The normalized spacial score (nSPS) is 16.0. The summed E-state index contributed by atoms with van der Waals surface area (Å²) in [5.41, 5.74) is 11.8. The summed E-state index contributed by atoms with van der Waals surface area (Å²) in [5.74, 6) is 2.88. The third-order valence-electron chi connectivity index (χ3n) is 6.72. The highest BCUT2D eigenvalue weighted by Gasteiger charge is 2.22. The van der Waals surface area contributed by atoms with Gasteiger partial charge in [-0.2, -0.15) is 10.2 Å². The van der Waals surface area contributed by atoms with Gasteiger partial charge in [0.2, 0.25) is 0 Å². The van der Waals surface area contributed by atoms with Crippen LogP contribution in [-0.2, 0) is 16.8 Å². The van der Waals surface area contributed by atoms with E-state index in [1.54, 1.807) is 0 Å². The van der Waals surface area contributed by atoms with Crippen molar-refractivity contribution in [2.24, 2.45) is 10.2 Å². The second kappa shape index (κ2) is 11.2. The van der Waals surface area contributed by atoms with Gasteiger partial charge in [0.1, 0.15) is 11.5 Å². The number of anilines is 1. The van der Waals surface area contributed by atoms with Crippen LogP contribution >= 0.6 is 0 Å². The van der Waals surface area contributed by atoms with E-state index in [1.807, 2.05) is 42.5 Å². The molecule has 0 saturated carbocycles. The fourth-order valence-corrected chi connectivity index (χ4v) is 5.66. The molecule has 0 spiro atoms. The molecule has 0 radical (unpaired) electrons. The Balaban J connectivity index is 1.40. The molecule has 0 aromatic heterocycles. The number of hydrogen-bond donors (Lipinski definition) is 0. The topological polar surface area (TPSA) is 31.2 Å². The molecule has 2 heterocycles. The third-order valence-corrected chi connectivity index (χ3v) is 8.13. The van der Waals surface area contributed by atoms with Gasteiger partial charge in [0.05, 0.1) is 5.71 Å². The molecule has 37 heavy (non-hydrogen) atoms. The van der Waals surface area contributed by atoms with Crippen molar-refractivity contribution in [3.8, 4) is 16.8 Å². The van der Waals surface area contributed by atoms with Crippen LogP contribution in [0.4, 0.5) is 14.5 Å². The second-order valence-corrected chi connectivity index (χ2v) is 11.1. The molecule has 3 aromatic carbocycles. The van der Waals surface area contributed by atoms with E-state index in [2.05, 4.69) is 63.0 Å². The summed E-state index contributed by atoms with van der Waals surface area (Å²) in [6.45, 7) is 6.89. The molecule has 1 saturated heterocycles. The Morgan fingerprint density at radius 3 is 2.30 bits per heavy atom. The summed E-state index contributed by atoms with van der Waals surface area (Å²) >= 11 is 0. The Kier molecular flexibility index (Phi) is 7.54. The molecule has 2 aliphatic heterocycles. The van der Waals surface area contributed by atoms with Crippen molar-refractivity contribution < 1.29 is 8.78 Å². The fourth-order valence-electron chi connectivity index (χ4n) is 4.55. The van der Waals surface area contributed by atoms with Gasteiger partial charge in [-0.05, 0) is 34.4 Å². The van der Waals surface area contributed by atoms with Crippen molar-refractivity contribution in [2.75, 3.05) is 29.5 Å². The number of hydrogen-bond acceptors (Lipinski definition) is 5. The summed E-state index contributed by atoms with van der Waals surface area (Å²) in [7, 11) is -0.0302. The van der Waals surface area contributed by atoms with E-state index in [0.717, 1.165) is 58.4 Å². The minimum atomic E-state index is -2.57. The van der Waals surface area contributed by atoms with E-state index in [1.165, 1.54) is 0 Å². The molecule has 0 unspecified atom stereocenters. The van der Waals surface area contributed by atoms with Crippen molar-refractivity contribution >= 4 is 27.4 Å². The molecule has 0 atom stereocenters.